The molecule has 1 aromatic carbocycles. The molecule has 0 atom stereocenters. The van der Waals surface area contributed by atoms with Gasteiger partial charge in [0.25, 0.3) is 0 Å². The molecule has 16 heavy (non-hydrogen) atoms. The van der Waals surface area contributed by atoms with Crippen LogP contribution in [-0.2, 0) is 18.1 Å². The van der Waals surface area contributed by atoms with E-state index in [1.54, 1.807) is 0 Å². The average molecular weight is 233 g/mol. The Balaban J connectivity index is 2.18. The summed E-state index contributed by atoms with van der Waals surface area (Å²) in [6.07, 6.45) is 0. The molecule has 6 heteroatoms. The van der Waals surface area contributed by atoms with E-state index >= 15 is 0 Å². The average Bonchev–Trinajstić information content (AvgIpc) is 2.71. The summed E-state index contributed by atoms with van der Waals surface area (Å²) in [5.74, 6) is 2.72. The van der Waals surface area contributed by atoms with Crippen molar-refractivity contribution in [1.82, 2.24) is 20.2 Å². The van der Waals surface area contributed by atoms with Crippen LogP contribution >= 0.6 is 11.8 Å². The lowest BCUT2D eigenvalue weighted by atomic mass is 10.1. The zero-order valence-electron chi connectivity index (χ0n) is 8.63. The largest absolute Gasteiger partial charge is 0.326 e. The number of hydrogen-bond donors (Lipinski definition) is 1. The van der Waals surface area contributed by atoms with Crippen LogP contribution in [0.1, 0.15) is 17.0 Å². The molecule has 1 aliphatic rings. The SMILES string of the molecule is NCc1ccc2c(c1)CSCc1nnnn1-2. The molecule has 1 aromatic heterocycles. The minimum absolute atomic E-state index is 0.570. The monoisotopic (exact) mass is 233 g/mol. The molecule has 3 rings (SSSR count). The number of nitrogens with two attached hydrogens (primary N) is 1. The molecule has 0 fully saturated rings. The first kappa shape index (κ1) is 9.80. The number of benzene rings is 1. The second-order valence-corrected chi connectivity index (χ2v) is 4.65. The zero-order valence-corrected chi connectivity index (χ0v) is 9.44. The van der Waals surface area contributed by atoms with Gasteiger partial charge in [-0.05, 0) is 27.6 Å². The Bertz CT molecular complexity index is 522. The highest BCUT2D eigenvalue weighted by Gasteiger charge is 2.16. The van der Waals surface area contributed by atoms with E-state index in [9.17, 15) is 0 Å². The van der Waals surface area contributed by atoms with Gasteiger partial charge in [-0.25, -0.2) is 0 Å². The van der Waals surface area contributed by atoms with Crippen molar-refractivity contribution in [2.75, 3.05) is 0 Å². The van der Waals surface area contributed by atoms with E-state index in [2.05, 4.69) is 21.6 Å². The van der Waals surface area contributed by atoms with Crippen molar-refractivity contribution in [2.45, 2.75) is 18.1 Å². The van der Waals surface area contributed by atoms with E-state index in [1.165, 1.54) is 5.56 Å². The number of fused-ring (bicyclic) bond motifs is 3. The van der Waals surface area contributed by atoms with Gasteiger partial charge in [0.05, 0.1) is 11.4 Å². The Morgan fingerprint density at radius 1 is 1.38 bits per heavy atom. The number of tetrazole rings is 1. The first-order valence-electron chi connectivity index (χ1n) is 5.06. The Kier molecular flexibility index (Phi) is 2.37. The topological polar surface area (TPSA) is 69.6 Å². The molecule has 0 aliphatic carbocycles. The molecule has 0 amide bonds. The molecular weight excluding hydrogens is 222 g/mol. The summed E-state index contributed by atoms with van der Waals surface area (Å²) in [6.45, 7) is 0.570. The van der Waals surface area contributed by atoms with Gasteiger partial charge in [0.15, 0.2) is 5.82 Å². The van der Waals surface area contributed by atoms with Gasteiger partial charge >= 0.3 is 0 Å². The summed E-state index contributed by atoms with van der Waals surface area (Å²) in [5.41, 5.74) is 9.11. The fourth-order valence-electron chi connectivity index (χ4n) is 1.82. The summed E-state index contributed by atoms with van der Waals surface area (Å²) < 4.78 is 1.82. The summed E-state index contributed by atoms with van der Waals surface area (Å²) >= 11 is 1.82. The van der Waals surface area contributed by atoms with Gasteiger partial charge in [-0.15, -0.1) is 16.9 Å². The van der Waals surface area contributed by atoms with Crippen LogP contribution in [0.2, 0.25) is 0 Å². The number of nitrogens with zero attached hydrogens (tertiary/aromatic N) is 4. The molecule has 0 saturated carbocycles. The number of hydrogen-bond acceptors (Lipinski definition) is 5. The van der Waals surface area contributed by atoms with Gasteiger partial charge in [0.1, 0.15) is 0 Å². The van der Waals surface area contributed by atoms with Gasteiger partial charge in [-0.2, -0.15) is 4.68 Å². The summed E-state index contributed by atoms with van der Waals surface area (Å²) in [4.78, 5) is 0. The highest BCUT2D eigenvalue weighted by molar-refractivity contribution is 7.97. The van der Waals surface area contributed by atoms with Crippen LogP contribution in [0, 0.1) is 0 Å². The van der Waals surface area contributed by atoms with Crippen LogP contribution in [-0.4, -0.2) is 20.2 Å². The third kappa shape index (κ3) is 1.50. The first-order valence-corrected chi connectivity index (χ1v) is 6.21. The maximum Gasteiger partial charge on any atom is 0.166 e. The van der Waals surface area contributed by atoms with Gasteiger partial charge in [0, 0.05) is 12.3 Å². The molecular formula is C10H11N5S. The Labute approximate surface area is 97.0 Å². The van der Waals surface area contributed by atoms with Crippen molar-refractivity contribution >= 4 is 11.8 Å². The molecule has 2 N–H and O–H groups in total. The maximum absolute atomic E-state index is 5.64. The van der Waals surface area contributed by atoms with E-state index in [-0.39, 0.29) is 0 Å². The van der Waals surface area contributed by atoms with E-state index in [0.717, 1.165) is 28.6 Å². The molecule has 1 aliphatic heterocycles. The predicted molar refractivity (Wildman–Crippen MR) is 62.0 cm³/mol. The minimum Gasteiger partial charge on any atom is -0.326 e. The van der Waals surface area contributed by atoms with Crippen molar-refractivity contribution in [3.63, 3.8) is 0 Å². The third-order valence-corrected chi connectivity index (χ3v) is 3.61. The number of aromatic nitrogens is 4. The Morgan fingerprint density at radius 2 is 2.31 bits per heavy atom. The number of thioether (sulfide) groups is 1. The molecule has 82 valence electrons. The van der Waals surface area contributed by atoms with E-state index in [4.69, 9.17) is 5.73 Å². The normalized spacial score (nSPS) is 14.1. The maximum atomic E-state index is 5.64. The fraction of sp³-hybridized carbons (Fsp3) is 0.300. The Hall–Kier alpha value is -1.40. The van der Waals surface area contributed by atoms with Crippen molar-refractivity contribution in [3.05, 3.63) is 35.2 Å². The van der Waals surface area contributed by atoms with Crippen LogP contribution in [0.25, 0.3) is 5.69 Å². The van der Waals surface area contributed by atoms with Crippen molar-refractivity contribution < 1.29 is 0 Å². The zero-order chi connectivity index (χ0) is 11.0. The Morgan fingerprint density at radius 3 is 3.19 bits per heavy atom. The van der Waals surface area contributed by atoms with E-state index in [0.29, 0.717) is 6.54 Å². The van der Waals surface area contributed by atoms with Gasteiger partial charge < -0.3 is 5.73 Å². The molecule has 0 radical (unpaired) electrons. The van der Waals surface area contributed by atoms with E-state index in [1.807, 2.05) is 28.6 Å². The molecule has 0 unspecified atom stereocenters. The fourth-order valence-corrected chi connectivity index (χ4v) is 2.74. The van der Waals surface area contributed by atoms with Gasteiger partial charge in [0.2, 0.25) is 0 Å². The standard InChI is InChI=1S/C10H11N5S/c11-4-7-1-2-9-8(3-7)5-16-6-10-12-13-14-15(9)10/h1-3H,4-6,11H2. The second-order valence-electron chi connectivity index (χ2n) is 3.67. The molecule has 0 spiro atoms. The summed E-state index contributed by atoms with van der Waals surface area (Å²) in [5, 5.41) is 11.8. The molecule has 2 aromatic rings. The summed E-state index contributed by atoms with van der Waals surface area (Å²) in [6, 6.07) is 6.21. The van der Waals surface area contributed by atoms with Crippen molar-refractivity contribution in [1.29, 1.82) is 0 Å². The van der Waals surface area contributed by atoms with Crippen LogP contribution in [0.5, 0.6) is 0 Å². The quantitative estimate of drug-likeness (QED) is 0.791. The highest BCUT2D eigenvalue weighted by Crippen LogP contribution is 2.27. The lowest BCUT2D eigenvalue weighted by molar-refractivity contribution is 0.774. The van der Waals surface area contributed by atoms with Crippen molar-refractivity contribution in [2.24, 2.45) is 5.73 Å². The minimum atomic E-state index is 0.570. The molecule has 0 bridgehead atoms. The summed E-state index contributed by atoms with van der Waals surface area (Å²) in [7, 11) is 0. The van der Waals surface area contributed by atoms with Crippen LogP contribution < -0.4 is 5.73 Å². The number of rotatable bonds is 1. The first-order chi connectivity index (χ1) is 7.88. The van der Waals surface area contributed by atoms with Gasteiger partial charge in [-0.1, -0.05) is 12.1 Å². The molecule has 5 nitrogen and oxygen atoms in total. The van der Waals surface area contributed by atoms with Crippen LogP contribution in [0.3, 0.4) is 0 Å². The predicted octanol–water partition coefficient (Wildman–Crippen LogP) is 0.868. The van der Waals surface area contributed by atoms with Crippen LogP contribution in [0.4, 0.5) is 0 Å². The molecule has 0 saturated heterocycles. The highest BCUT2D eigenvalue weighted by atomic mass is 32.2. The van der Waals surface area contributed by atoms with Crippen LogP contribution in [0.15, 0.2) is 18.2 Å². The molecule has 2 heterocycles. The smallest absolute Gasteiger partial charge is 0.166 e. The third-order valence-electron chi connectivity index (χ3n) is 2.63. The second kappa shape index (κ2) is 3.88. The lowest BCUT2D eigenvalue weighted by Gasteiger charge is -2.07. The lowest BCUT2D eigenvalue weighted by Crippen LogP contribution is -2.04. The van der Waals surface area contributed by atoms with Crippen molar-refractivity contribution in [3.8, 4) is 5.69 Å². The van der Waals surface area contributed by atoms with E-state index < -0.39 is 0 Å². The van der Waals surface area contributed by atoms with Gasteiger partial charge in [-0.3, -0.25) is 0 Å².